The summed E-state index contributed by atoms with van der Waals surface area (Å²) in [5.74, 6) is 3.84. The molecule has 2 rings (SSSR count). The zero-order chi connectivity index (χ0) is 14.5. The lowest BCUT2D eigenvalue weighted by Gasteiger charge is -2.20. The Morgan fingerprint density at radius 3 is 2.40 bits per heavy atom. The summed E-state index contributed by atoms with van der Waals surface area (Å²) in [7, 11) is 0. The quantitative estimate of drug-likeness (QED) is 0.759. The van der Waals surface area contributed by atoms with Gasteiger partial charge in [0, 0.05) is 24.6 Å². The topological polar surface area (TPSA) is 49.8 Å². The maximum absolute atomic E-state index is 4.69. The van der Waals surface area contributed by atoms with Crippen LogP contribution in [0, 0.1) is 12.8 Å². The fraction of sp³-hybridized carbons (Fsp3) is 0.750. The van der Waals surface area contributed by atoms with Crippen LogP contribution < -0.4 is 10.6 Å². The number of nitrogens with zero attached hydrogens (tertiary/aromatic N) is 2. The molecule has 0 radical (unpaired) electrons. The number of hydrogen-bond donors (Lipinski definition) is 2. The van der Waals surface area contributed by atoms with Crippen molar-refractivity contribution in [2.75, 3.05) is 17.2 Å². The summed E-state index contributed by atoms with van der Waals surface area (Å²) in [6, 6.07) is 0.537. The molecule has 1 heterocycles. The lowest BCUT2D eigenvalue weighted by atomic mass is 10.1. The van der Waals surface area contributed by atoms with Gasteiger partial charge in [0.1, 0.15) is 17.5 Å². The van der Waals surface area contributed by atoms with E-state index in [0.29, 0.717) is 6.04 Å². The van der Waals surface area contributed by atoms with Gasteiger partial charge in [-0.25, -0.2) is 9.97 Å². The van der Waals surface area contributed by atoms with E-state index in [1.807, 2.05) is 0 Å². The molecular weight excluding hydrogens is 248 g/mol. The van der Waals surface area contributed by atoms with Crippen LogP contribution in [0.15, 0.2) is 0 Å². The minimum Gasteiger partial charge on any atom is -0.370 e. The minimum atomic E-state index is 0.537. The van der Waals surface area contributed by atoms with Crippen LogP contribution in [-0.2, 0) is 6.42 Å². The number of nitrogens with one attached hydrogen (secondary N) is 2. The molecule has 0 bridgehead atoms. The summed E-state index contributed by atoms with van der Waals surface area (Å²) in [6.45, 7) is 9.44. The van der Waals surface area contributed by atoms with E-state index in [-0.39, 0.29) is 0 Å². The van der Waals surface area contributed by atoms with Crippen molar-refractivity contribution in [1.29, 1.82) is 0 Å². The second kappa shape index (κ2) is 6.91. The standard InChI is InChI=1S/C16H28N4/c1-5-13(10-12-8-9-12)18-16-11(4)15(17-7-3)19-14(6-2)20-16/h12-13H,5-10H2,1-4H3,(H2,17,18,19,20). The summed E-state index contributed by atoms with van der Waals surface area (Å²) >= 11 is 0. The van der Waals surface area contributed by atoms with Crippen LogP contribution in [0.5, 0.6) is 0 Å². The van der Waals surface area contributed by atoms with Crippen molar-refractivity contribution >= 4 is 11.6 Å². The van der Waals surface area contributed by atoms with Crippen molar-refractivity contribution in [2.24, 2.45) is 5.92 Å². The van der Waals surface area contributed by atoms with Gasteiger partial charge in [-0.05, 0) is 32.6 Å². The maximum Gasteiger partial charge on any atom is 0.134 e. The van der Waals surface area contributed by atoms with Crippen LogP contribution in [0.3, 0.4) is 0 Å². The number of rotatable bonds is 8. The Kier molecular flexibility index (Phi) is 5.21. The molecule has 0 aliphatic heterocycles. The zero-order valence-electron chi connectivity index (χ0n) is 13.3. The van der Waals surface area contributed by atoms with E-state index in [4.69, 9.17) is 0 Å². The van der Waals surface area contributed by atoms with Crippen LogP contribution in [0.4, 0.5) is 11.6 Å². The number of hydrogen-bond acceptors (Lipinski definition) is 4. The molecule has 4 nitrogen and oxygen atoms in total. The van der Waals surface area contributed by atoms with Crippen LogP contribution in [0.1, 0.15) is 57.8 Å². The predicted octanol–water partition coefficient (Wildman–Crippen LogP) is 3.77. The molecule has 0 amide bonds. The molecule has 0 saturated heterocycles. The average molecular weight is 276 g/mol. The third-order valence-electron chi connectivity index (χ3n) is 4.00. The second-order valence-corrected chi connectivity index (χ2v) is 5.77. The van der Waals surface area contributed by atoms with Crippen LogP contribution in [-0.4, -0.2) is 22.6 Å². The number of anilines is 2. The smallest absolute Gasteiger partial charge is 0.134 e. The third kappa shape index (κ3) is 3.84. The van der Waals surface area contributed by atoms with Crippen molar-refractivity contribution in [3.63, 3.8) is 0 Å². The van der Waals surface area contributed by atoms with Crippen molar-refractivity contribution in [1.82, 2.24) is 9.97 Å². The maximum atomic E-state index is 4.69. The first-order chi connectivity index (χ1) is 9.67. The highest BCUT2D eigenvalue weighted by molar-refractivity contribution is 5.57. The summed E-state index contributed by atoms with van der Waals surface area (Å²) < 4.78 is 0. The average Bonchev–Trinajstić information content (AvgIpc) is 3.26. The Morgan fingerprint density at radius 2 is 1.85 bits per heavy atom. The summed E-state index contributed by atoms with van der Waals surface area (Å²) in [5, 5.41) is 6.99. The second-order valence-electron chi connectivity index (χ2n) is 5.77. The fourth-order valence-electron chi connectivity index (χ4n) is 2.48. The molecule has 1 saturated carbocycles. The van der Waals surface area contributed by atoms with Crippen molar-refractivity contribution < 1.29 is 0 Å². The van der Waals surface area contributed by atoms with E-state index >= 15 is 0 Å². The van der Waals surface area contributed by atoms with Gasteiger partial charge >= 0.3 is 0 Å². The van der Waals surface area contributed by atoms with Gasteiger partial charge in [0.2, 0.25) is 0 Å². The first kappa shape index (κ1) is 15.1. The lowest BCUT2D eigenvalue weighted by Crippen LogP contribution is -2.22. The highest BCUT2D eigenvalue weighted by Gasteiger charge is 2.25. The Hall–Kier alpha value is -1.32. The van der Waals surface area contributed by atoms with Gasteiger partial charge in [-0.1, -0.05) is 26.7 Å². The van der Waals surface area contributed by atoms with Gasteiger partial charge in [-0.15, -0.1) is 0 Å². The van der Waals surface area contributed by atoms with Gasteiger partial charge in [-0.2, -0.15) is 0 Å². The Balaban J connectivity index is 2.16. The zero-order valence-corrected chi connectivity index (χ0v) is 13.3. The monoisotopic (exact) mass is 276 g/mol. The van der Waals surface area contributed by atoms with E-state index in [0.717, 1.165) is 48.3 Å². The van der Waals surface area contributed by atoms with E-state index in [1.54, 1.807) is 0 Å². The van der Waals surface area contributed by atoms with Gasteiger partial charge in [0.05, 0.1) is 0 Å². The van der Waals surface area contributed by atoms with Crippen LogP contribution in [0.25, 0.3) is 0 Å². The predicted molar refractivity (Wildman–Crippen MR) is 85.4 cm³/mol. The molecule has 0 aromatic carbocycles. The van der Waals surface area contributed by atoms with Crippen molar-refractivity contribution in [3.05, 3.63) is 11.4 Å². The summed E-state index contributed by atoms with van der Waals surface area (Å²) in [6.07, 6.45) is 6.11. The molecule has 0 spiro atoms. The molecule has 112 valence electrons. The van der Waals surface area contributed by atoms with Crippen LogP contribution in [0.2, 0.25) is 0 Å². The highest BCUT2D eigenvalue weighted by Crippen LogP contribution is 2.35. The lowest BCUT2D eigenvalue weighted by molar-refractivity contribution is 0.584. The number of aromatic nitrogens is 2. The van der Waals surface area contributed by atoms with Gasteiger partial charge in [-0.3, -0.25) is 0 Å². The first-order valence-electron chi connectivity index (χ1n) is 8.05. The summed E-state index contributed by atoms with van der Waals surface area (Å²) in [5.41, 5.74) is 1.14. The molecule has 1 fully saturated rings. The van der Waals surface area contributed by atoms with E-state index in [2.05, 4.69) is 48.3 Å². The molecule has 1 aliphatic rings. The molecule has 4 heteroatoms. The molecule has 1 aliphatic carbocycles. The Labute approximate surface area is 122 Å². The molecule has 2 N–H and O–H groups in total. The molecule has 20 heavy (non-hydrogen) atoms. The van der Waals surface area contributed by atoms with Gasteiger partial charge in [0.25, 0.3) is 0 Å². The Morgan fingerprint density at radius 1 is 1.15 bits per heavy atom. The molecular formula is C16H28N4. The van der Waals surface area contributed by atoms with E-state index < -0.39 is 0 Å². The fourth-order valence-corrected chi connectivity index (χ4v) is 2.48. The van der Waals surface area contributed by atoms with Gasteiger partial charge in [0.15, 0.2) is 0 Å². The van der Waals surface area contributed by atoms with Crippen molar-refractivity contribution in [2.45, 2.75) is 65.8 Å². The summed E-state index contributed by atoms with van der Waals surface area (Å²) in [4.78, 5) is 9.27. The normalized spacial score (nSPS) is 16.0. The molecule has 1 aromatic heterocycles. The van der Waals surface area contributed by atoms with Gasteiger partial charge < -0.3 is 10.6 Å². The minimum absolute atomic E-state index is 0.537. The van der Waals surface area contributed by atoms with Crippen LogP contribution >= 0.6 is 0 Å². The first-order valence-corrected chi connectivity index (χ1v) is 8.05. The largest absolute Gasteiger partial charge is 0.370 e. The number of aryl methyl sites for hydroxylation is 1. The Bertz CT molecular complexity index is 440. The molecule has 1 aromatic rings. The molecule has 1 atom stereocenters. The van der Waals surface area contributed by atoms with Crippen molar-refractivity contribution in [3.8, 4) is 0 Å². The molecule has 1 unspecified atom stereocenters. The third-order valence-corrected chi connectivity index (χ3v) is 4.00. The van der Waals surface area contributed by atoms with E-state index in [9.17, 15) is 0 Å². The SMILES string of the molecule is CCNc1nc(CC)nc(NC(CC)CC2CC2)c1C. The van der Waals surface area contributed by atoms with E-state index in [1.165, 1.54) is 19.3 Å². The highest BCUT2D eigenvalue weighted by atomic mass is 15.1.